The molecule has 0 aliphatic heterocycles. The van der Waals surface area contributed by atoms with Crippen LogP contribution in [0.25, 0.3) is 0 Å². The average Bonchev–Trinajstić information content (AvgIpc) is 2.38. The molecule has 6 heteroatoms. The number of anilines is 2. The van der Waals surface area contributed by atoms with Gasteiger partial charge in [0.1, 0.15) is 0 Å². The van der Waals surface area contributed by atoms with Crippen LogP contribution in [-0.4, -0.2) is 15.0 Å². The standard InChI is InChI=1S/C14H16Cl2N4/c1-3-4-9(2)10-5-7-11(8-6-10)17-14-19-12(15)18-13(16)20-14/h5-9H,3-4H2,1-2H3,(H,17,18,19,20). The van der Waals surface area contributed by atoms with E-state index in [1.807, 2.05) is 12.1 Å². The zero-order chi connectivity index (χ0) is 14.5. The molecule has 0 spiro atoms. The summed E-state index contributed by atoms with van der Waals surface area (Å²) in [5.41, 5.74) is 2.21. The Hall–Kier alpha value is -1.39. The highest BCUT2D eigenvalue weighted by atomic mass is 35.5. The molecule has 2 rings (SSSR count). The largest absolute Gasteiger partial charge is 0.324 e. The molecule has 1 atom stereocenters. The number of aromatic nitrogens is 3. The quantitative estimate of drug-likeness (QED) is 0.859. The van der Waals surface area contributed by atoms with Crippen molar-refractivity contribution in [2.24, 2.45) is 0 Å². The summed E-state index contributed by atoms with van der Waals surface area (Å²) in [5.74, 6) is 0.902. The highest BCUT2D eigenvalue weighted by molar-refractivity contribution is 6.31. The molecule has 0 amide bonds. The van der Waals surface area contributed by atoms with E-state index >= 15 is 0 Å². The molecule has 0 fully saturated rings. The molecule has 0 radical (unpaired) electrons. The third-order valence-corrected chi connectivity index (χ3v) is 3.38. The summed E-state index contributed by atoms with van der Waals surface area (Å²) in [6.45, 7) is 4.43. The second-order valence-corrected chi connectivity index (χ2v) is 5.31. The highest BCUT2D eigenvalue weighted by Crippen LogP contribution is 2.23. The van der Waals surface area contributed by atoms with Crippen LogP contribution in [-0.2, 0) is 0 Å². The molecule has 0 aliphatic carbocycles. The number of benzene rings is 1. The third kappa shape index (κ3) is 4.05. The van der Waals surface area contributed by atoms with Gasteiger partial charge in [-0.2, -0.15) is 15.0 Å². The number of halogens is 2. The molecule has 1 aromatic heterocycles. The van der Waals surface area contributed by atoms with E-state index in [1.54, 1.807) is 0 Å². The van der Waals surface area contributed by atoms with Gasteiger partial charge in [-0.1, -0.05) is 32.4 Å². The second-order valence-electron chi connectivity index (χ2n) is 4.63. The lowest BCUT2D eigenvalue weighted by molar-refractivity contribution is 0.665. The summed E-state index contributed by atoms with van der Waals surface area (Å²) >= 11 is 11.5. The van der Waals surface area contributed by atoms with E-state index in [-0.39, 0.29) is 10.6 Å². The summed E-state index contributed by atoms with van der Waals surface area (Å²) in [6, 6.07) is 8.19. The Morgan fingerprint density at radius 2 is 1.65 bits per heavy atom. The van der Waals surface area contributed by atoms with Gasteiger partial charge in [0.25, 0.3) is 0 Å². The number of nitrogens with zero attached hydrogens (tertiary/aromatic N) is 3. The fourth-order valence-corrected chi connectivity index (χ4v) is 2.37. The lowest BCUT2D eigenvalue weighted by atomic mass is 9.96. The summed E-state index contributed by atoms with van der Waals surface area (Å²) in [4.78, 5) is 11.6. The molecule has 4 nitrogen and oxygen atoms in total. The molecular formula is C14H16Cl2N4. The lowest BCUT2D eigenvalue weighted by Crippen LogP contribution is -2.00. The maximum absolute atomic E-state index is 5.73. The molecule has 0 aliphatic rings. The van der Waals surface area contributed by atoms with Crippen LogP contribution in [0.1, 0.15) is 38.2 Å². The molecule has 0 bridgehead atoms. The summed E-state index contributed by atoms with van der Waals surface area (Å²) in [5, 5.41) is 3.19. The Morgan fingerprint density at radius 3 is 2.20 bits per heavy atom. The SMILES string of the molecule is CCCC(C)c1ccc(Nc2nc(Cl)nc(Cl)n2)cc1. The minimum Gasteiger partial charge on any atom is -0.324 e. The Kier molecular flexibility index (Phi) is 5.15. The van der Waals surface area contributed by atoms with Gasteiger partial charge in [-0.15, -0.1) is 0 Å². The predicted molar refractivity (Wildman–Crippen MR) is 82.9 cm³/mol. The molecule has 1 aromatic carbocycles. The van der Waals surface area contributed by atoms with Gasteiger partial charge < -0.3 is 5.32 Å². The minimum atomic E-state index is 0.0701. The zero-order valence-electron chi connectivity index (χ0n) is 11.4. The van der Waals surface area contributed by atoms with E-state index < -0.39 is 0 Å². The van der Waals surface area contributed by atoms with Crippen LogP contribution in [0.15, 0.2) is 24.3 Å². The minimum absolute atomic E-state index is 0.0701. The first kappa shape index (κ1) is 15.0. The van der Waals surface area contributed by atoms with E-state index in [9.17, 15) is 0 Å². The van der Waals surface area contributed by atoms with Gasteiger partial charge >= 0.3 is 0 Å². The van der Waals surface area contributed by atoms with Crippen LogP contribution in [0.2, 0.25) is 10.6 Å². The smallest absolute Gasteiger partial charge is 0.232 e. The first-order chi connectivity index (χ1) is 9.58. The first-order valence-electron chi connectivity index (χ1n) is 6.52. The number of hydrogen-bond donors (Lipinski definition) is 1. The van der Waals surface area contributed by atoms with Crippen molar-refractivity contribution in [2.75, 3.05) is 5.32 Å². The molecule has 1 heterocycles. The maximum Gasteiger partial charge on any atom is 0.232 e. The van der Waals surface area contributed by atoms with Crippen molar-refractivity contribution in [3.8, 4) is 0 Å². The van der Waals surface area contributed by atoms with Gasteiger partial charge in [0.15, 0.2) is 0 Å². The van der Waals surface area contributed by atoms with Crippen LogP contribution < -0.4 is 5.32 Å². The van der Waals surface area contributed by atoms with E-state index in [2.05, 4.69) is 46.2 Å². The van der Waals surface area contributed by atoms with Crippen LogP contribution in [0, 0.1) is 0 Å². The van der Waals surface area contributed by atoms with E-state index in [1.165, 1.54) is 18.4 Å². The van der Waals surface area contributed by atoms with Crippen LogP contribution in [0.5, 0.6) is 0 Å². The normalized spacial score (nSPS) is 12.2. The Morgan fingerprint density at radius 1 is 1.05 bits per heavy atom. The van der Waals surface area contributed by atoms with Crippen LogP contribution in [0.4, 0.5) is 11.6 Å². The number of nitrogens with one attached hydrogen (secondary N) is 1. The molecule has 1 unspecified atom stereocenters. The van der Waals surface area contributed by atoms with Gasteiger partial charge in [-0.3, -0.25) is 0 Å². The van der Waals surface area contributed by atoms with Crippen LogP contribution >= 0.6 is 23.2 Å². The van der Waals surface area contributed by atoms with Gasteiger partial charge in [-0.05, 0) is 53.2 Å². The van der Waals surface area contributed by atoms with E-state index in [0.717, 1.165) is 5.69 Å². The third-order valence-electron chi connectivity index (χ3n) is 3.04. The zero-order valence-corrected chi connectivity index (χ0v) is 12.9. The van der Waals surface area contributed by atoms with Crippen LogP contribution in [0.3, 0.4) is 0 Å². The highest BCUT2D eigenvalue weighted by Gasteiger charge is 2.06. The maximum atomic E-state index is 5.73. The topological polar surface area (TPSA) is 50.7 Å². The molecule has 0 saturated heterocycles. The molecular weight excluding hydrogens is 295 g/mol. The molecule has 1 N–H and O–H groups in total. The van der Waals surface area contributed by atoms with Crippen molar-refractivity contribution in [3.05, 3.63) is 40.4 Å². The van der Waals surface area contributed by atoms with Crippen molar-refractivity contribution in [3.63, 3.8) is 0 Å². The monoisotopic (exact) mass is 310 g/mol. The van der Waals surface area contributed by atoms with Crippen molar-refractivity contribution in [1.29, 1.82) is 0 Å². The van der Waals surface area contributed by atoms with E-state index in [4.69, 9.17) is 23.2 Å². The molecule has 20 heavy (non-hydrogen) atoms. The second kappa shape index (κ2) is 6.86. The molecule has 2 aromatic rings. The first-order valence-corrected chi connectivity index (χ1v) is 7.28. The molecule has 0 saturated carbocycles. The van der Waals surface area contributed by atoms with Crippen molar-refractivity contribution in [2.45, 2.75) is 32.6 Å². The fourth-order valence-electron chi connectivity index (χ4n) is 2.01. The van der Waals surface area contributed by atoms with E-state index in [0.29, 0.717) is 11.9 Å². The number of rotatable bonds is 5. The van der Waals surface area contributed by atoms with Gasteiger partial charge in [0, 0.05) is 5.69 Å². The van der Waals surface area contributed by atoms with Crippen molar-refractivity contribution in [1.82, 2.24) is 15.0 Å². The summed E-state index contributed by atoms with van der Waals surface area (Å²) in [7, 11) is 0. The Balaban J connectivity index is 2.10. The lowest BCUT2D eigenvalue weighted by Gasteiger charge is -2.11. The fraction of sp³-hybridized carbons (Fsp3) is 0.357. The Bertz CT molecular complexity index is 552. The van der Waals surface area contributed by atoms with Crippen molar-refractivity contribution < 1.29 is 0 Å². The number of hydrogen-bond acceptors (Lipinski definition) is 4. The van der Waals surface area contributed by atoms with Gasteiger partial charge in [-0.25, -0.2) is 0 Å². The molecule has 106 valence electrons. The summed E-state index contributed by atoms with van der Waals surface area (Å²) in [6.07, 6.45) is 2.37. The van der Waals surface area contributed by atoms with Crippen molar-refractivity contribution >= 4 is 34.8 Å². The predicted octanol–water partition coefficient (Wildman–Crippen LogP) is 4.83. The summed E-state index contributed by atoms with van der Waals surface area (Å²) < 4.78 is 0. The Labute approximate surface area is 128 Å². The average molecular weight is 311 g/mol. The van der Waals surface area contributed by atoms with Gasteiger partial charge in [0.2, 0.25) is 16.5 Å². The van der Waals surface area contributed by atoms with Gasteiger partial charge in [0.05, 0.1) is 0 Å².